The van der Waals surface area contributed by atoms with E-state index >= 15 is 0 Å². The van der Waals surface area contributed by atoms with Gasteiger partial charge in [0.2, 0.25) is 0 Å². The third-order valence-electron chi connectivity index (χ3n) is 5.74. The van der Waals surface area contributed by atoms with Gasteiger partial charge in [-0.1, -0.05) is 59.1 Å². The summed E-state index contributed by atoms with van der Waals surface area (Å²) in [5.74, 6) is -0.626. The molecule has 0 saturated carbocycles. The molecule has 196 valence electrons. The summed E-state index contributed by atoms with van der Waals surface area (Å²) >= 11 is 18.3. The lowest BCUT2D eigenvalue weighted by Crippen LogP contribution is -2.39. The minimum Gasteiger partial charge on any atom is -0.318 e. The van der Waals surface area contributed by atoms with Crippen LogP contribution >= 0.6 is 34.8 Å². The number of aryl methyl sites for hydroxylation is 1. The molecule has 0 aliphatic heterocycles. The van der Waals surface area contributed by atoms with E-state index in [1.807, 2.05) is 30.5 Å². The molecule has 0 bridgehead atoms. The minimum absolute atomic E-state index is 0.0472. The summed E-state index contributed by atoms with van der Waals surface area (Å²) in [6.45, 7) is 3.34. The van der Waals surface area contributed by atoms with Gasteiger partial charge < -0.3 is 4.57 Å². The number of aromatic nitrogens is 1. The second-order valence-corrected chi connectivity index (χ2v) is 11.5. The van der Waals surface area contributed by atoms with E-state index in [-0.39, 0.29) is 10.6 Å². The predicted octanol–water partition coefficient (Wildman–Crippen LogP) is 6.40. The number of hydrogen-bond donors (Lipinski definition) is 1. The molecule has 1 aromatic heterocycles. The van der Waals surface area contributed by atoms with Crippen LogP contribution in [0.2, 0.25) is 15.1 Å². The molecule has 0 spiro atoms. The lowest BCUT2D eigenvalue weighted by Gasteiger charge is -2.23. The Morgan fingerprint density at radius 1 is 0.947 bits per heavy atom. The van der Waals surface area contributed by atoms with Crippen LogP contribution in [0, 0.1) is 13.8 Å². The number of nitrogens with zero attached hydrogens (tertiary/aromatic N) is 3. The molecule has 4 aromatic rings. The van der Waals surface area contributed by atoms with E-state index in [1.54, 1.807) is 48.5 Å². The number of nitrogens with one attached hydrogen (secondary N) is 1. The second-order valence-electron chi connectivity index (χ2n) is 8.36. The van der Waals surface area contributed by atoms with E-state index in [0.717, 1.165) is 26.9 Å². The van der Waals surface area contributed by atoms with Crippen molar-refractivity contribution in [2.45, 2.75) is 18.7 Å². The van der Waals surface area contributed by atoms with Crippen molar-refractivity contribution >= 4 is 62.6 Å². The van der Waals surface area contributed by atoms with Crippen molar-refractivity contribution in [2.75, 3.05) is 10.8 Å². The zero-order valence-corrected chi connectivity index (χ0v) is 23.5. The summed E-state index contributed by atoms with van der Waals surface area (Å²) in [6.07, 6.45) is 1.50. The van der Waals surface area contributed by atoms with Gasteiger partial charge in [0.15, 0.2) is 0 Å². The van der Waals surface area contributed by atoms with Crippen molar-refractivity contribution < 1.29 is 13.2 Å². The molecule has 3 aromatic carbocycles. The standard InChI is InChI=1S/C27H23Cl3N4O3S/c1-18-13-20(19(2)34(18)23-11-12-25(29)26(30)15-23)16-31-32-27(35)17-33(22-8-6-7-21(28)14-22)38(36,37)24-9-4-3-5-10-24/h3-16H,17H2,1-2H3,(H,32,35)/b31-16-. The SMILES string of the molecule is Cc1cc(/C=N\NC(=O)CN(c2cccc(Cl)c2)S(=O)(=O)c2ccccc2)c(C)n1-c1ccc(Cl)c(Cl)c1. The summed E-state index contributed by atoms with van der Waals surface area (Å²) < 4.78 is 29.7. The maximum atomic E-state index is 13.4. The van der Waals surface area contributed by atoms with Gasteiger partial charge in [-0.05, 0) is 68.4 Å². The molecular weight excluding hydrogens is 567 g/mol. The summed E-state index contributed by atoms with van der Waals surface area (Å²) in [4.78, 5) is 12.9. The summed E-state index contributed by atoms with van der Waals surface area (Å²) in [5.41, 5.74) is 6.07. The van der Waals surface area contributed by atoms with Gasteiger partial charge in [-0.25, -0.2) is 13.8 Å². The van der Waals surface area contributed by atoms with Gasteiger partial charge in [-0.3, -0.25) is 9.10 Å². The van der Waals surface area contributed by atoms with Crippen molar-refractivity contribution in [2.24, 2.45) is 5.10 Å². The number of carbonyl (C=O) groups is 1. The molecule has 0 unspecified atom stereocenters. The molecule has 0 fully saturated rings. The molecule has 0 radical (unpaired) electrons. The number of halogens is 3. The Morgan fingerprint density at radius 3 is 2.37 bits per heavy atom. The highest BCUT2D eigenvalue weighted by Gasteiger charge is 2.27. The molecule has 38 heavy (non-hydrogen) atoms. The largest absolute Gasteiger partial charge is 0.318 e. The van der Waals surface area contributed by atoms with Crippen molar-refractivity contribution in [3.63, 3.8) is 0 Å². The van der Waals surface area contributed by atoms with Crippen LogP contribution < -0.4 is 9.73 Å². The van der Waals surface area contributed by atoms with Crippen LogP contribution in [0.5, 0.6) is 0 Å². The van der Waals surface area contributed by atoms with Crippen molar-refractivity contribution in [1.29, 1.82) is 0 Å². The maximum absolute atomic E-state index is 13.4. The Labute approximate surface area is 236 Å². The number of carbonyl (C=O) groups excluding carboxylic acids is 1. The lowest BCUT2D eigenvalue weighted by atomic mass is 10.2. The number of benzene rings is 3. The van der Waals surface area contributed by atoms with Gasteiger partial charge >= 0.3 is 0 Å². The number of sulfonamides is 1. The summed E-state index contributed by atoms with van der Waals surface area (Å²) in [7, 11) is -4.05. The first-order chi connectivity index (χ1) is 18.1. The molecule has 0 aliphatic carbocycles. The predicted molar refractivity (Wildman–Crippen MR) is 153 cm³/mol. The van der Waals surface area contributed by atoms with Gasteiger partial charge in [0.1, 0.15) is 6.54 Å². The topological polar surface area (TPSA) is 83.8 Å². The van der Waals surface area contributed by atoms with Crippen LogP contribution in [0.3, 0.4) is 0 Å². The molecule has 7 nitrogen and oxygen atoms in total. The lowest BCUT2D eigenvalue weighted by molar-refractivity contribution is -0.119. The first kappa shape index (κ1) is 27.7. The molecule has 0 saturated heterocycles. The molecule has 1 amide bonds. The van der Waals surface area contributed by atoms with Crippen molar-refractivity contribution in [3.05, 3.63) is 111 Å². The third kappa shape index (κ3) is 6.05. The fraction of sp³-hybridized carbons (Fsp3) is 0.111. The first-order valence-corrected chi connectivity index (χ1v) is 13.9. The zero-order valence-electron chi connectivity index (χ0n) is 20.4. The van der Waals surface area contributed by atoms with E-state index < -0.39 is 22.5 Å². The molecule has 4 rings (SSSR count). The first-order valence-electron chi connectivity index (χ1n) is 11.4. The Morgan fingerprint density at radius 2 is 1.68 bits per heavy atom. The Bertz CT molecular complexity index is 1620. The molecular formula is C27H23Cl3N4O3S. The number of anilines is 1. The smallest absolute Gasteiger partial charge is 0.264 e. The average Bonchev–Trinajstić information content (AvgIpc) is 3.17. The number of rotatable bonds is 8. The highest BCUT2D eigenvalue weighted by Crippen LogP contribution is 2.28. The molecule has 1 heterocycles. The van der Waals surface area contributed by atoms with E-state index in [2.05, 4.69) is 10.5 Å². The van der Waals surface area contributed by atoms with E-state index in [0.29, 0.717) is 15.1 Å². The van der Waals surface area contributed by atoms with Crippen LogP contribution in [0.15, 0.2) is 88.9 Å². The Balaban J connectivity index is 1.55. The normalized spacial score (nSPS) is 11.6. The molecule has 1 N–H and O–H groups in total. The van der Waals surface area contributed by atoms with Crippen LogP contribution in [0.1, 0.15) is 17.0 Å². The number of hydrazone groups is 1. The van der Waals surface area contributed by atoms with Crippen LogP contribution in [-0.2, 0) is 14.8 Å². The molecule has 11 heteroatoms. The van der Waals surface area contributed by atoms with Crippen LogP contribution in [-0.4, -0.2) is 31.7 Å². The zero-order chi connectivity index (χ0) is 27.4. The minimum atomic E-state index is -4.05. The van der Waals surface area contributed by atoms with Crippen LogP contribution in [0.25, 0.3) is 5.69 Å². The fourth-order valence-corrected chi connectivity index (χ4v) is 5.86. The Hall–Kier alpha value is -3.30. The highest BCUT2D eigenvalue weighted by atomic mass is 35.5. The molecule has 0 aliphatic rings. The summed E-state index contributed by atoms with van der Waals surface area (Å²) in [6, 6.07) is 21.4. The van der Waals surface area contributed by atoms with Crippen molar-refractivity contribution in [3.8, 4) is 5.69 Å². The number of hydrogen-bond acceptors (Lipinski definition) is 4. The third-order valence-corrected chi connectivity index (χ3v) is 8.50. The fourth-order valence-electron chi connectivity index (χ4n) is 3.95. The van der Waals surface area contributed by atoms with Crippen molar-refractivity contribution in [1.82, 2.24) is 9.99 Å². The van der Waals surface area contributed by atoms with Gasteiger partial charge in [0.25, 0.3) is 15.9 Å². The quantitative estimate of drug-likeness (QED) is 0.191. The van der Waals surface area contributed by atoms with E-state index in [4.69, 9.17) is 34.8 Å². The van der Waals surface area contributed by atoms with Gasteiger partial charge in [0.05, 0.1) is 26.8 Å². The highest BCUT2D eigenvalue weighted by molar-refractivity contribution is 7.92. The van der Waals surface area contributed by atoms with Crippen LogP contribution in [0.4, 0.5) is 5.69 Å². The van der Waals surface area contributed by atoms with Gasteiger partial charge in [0, 0.05) is 27.7 Å². The monoisotopic (exact) mass is 588 g/mol. The van der Waals surface area contributed by atoms with Gasteiger partial charge in [-0.2, -0.15) is 5.10 Å². The van der Waals surface area contributed by atoms with Gasteiger partial charge in [-0.15, -0.1) is 0 Å². The second kappa shape index (κ2) is 11.6. The van der Waals surface area contributed by atoms with E-state index in [1.165, 1.54) is 24.4 Å². The van der Waals surface area contributed by atoms with E-state index in [9.17, 15) is 13.2 Å². The molecule has 0 atom stereocenters. The summed E-state index contributed by atoms with van der Waals surface area (Å²) in [5, 5.41) is 5.31. The number of amides is 1. The Kier molecular flexibility index (Phi) is 8.47. The average molecular weight is 590 g/mol. The maximum Gasteiger partial charge on any atom is 0.264 e.